The number of nitrogens with zero attached hydrogens (tertiary/aromatic N) is 1. The van der Waals surface area contributed by atoms with Crippen molar-refractivity contribution in [3.05, 3.63) is 54.6 Å². The molecular weight excluding hydrogens is 485 g/mol. The van der Waals surface area contributed by atoms with Gasteiger partial charge >= 0.3 is 24.1 Å². The van der Waals surface area contributed by atoms with Gasteiger partial charge in [0, 0.05) is 17.8 Å². The molecule has 10 heteroatoms. The van der Waals surface area contributed by atoms with E-state index in [4.69, 9.17) is 0 Å². The van der Waals surface area contributed by atoms with Crippen LogP contribution in [-0.4, -0.2) is 30.6 Å². The second-order valence-corrected chi connectivity index (χ2v) is 8.43. The Morgan fingerprint density at radius 3 is 1.83 bits per heavy atom. The zero-order valence-electron chi connectivity index (χ0n) is 19.4. The molecule has 0 aromatic heterocycles. The fraction of sp³-hybridized carbons (Fsp3) is 0.520. The van der Waals surface area contributed by atoms with E-state index in [0.717, 1.165) is 18.9 Å². The standard InChI is InChI=1S/C25H28F9N/c1-3-5-11-18(4-2)16-17-35(25(33,34)23(28,29)22(26,27)24(30,31)32)21-15-10-9-14-20(21)19-12-7-6-8-13-19/h6-10,12-15,18H,3-5,11,16-17H2,1-2H3. The van der Waals surface area contributed by atoms with Crippen molar-refractivity contribution in [1.82, 2.24) is 0 Å². The molecule has 1 atom stereocenters. The van der Waals surface area contributed by atoms with Gasteiger partial charge in [-0.3, -0.25) is 0 Å². The number of alkyl halides is 9. The maximum atomic E-state index is 15.3. The van der Waals surface area contributed by atoms with Gasteiger partial charge in [-0.15, -0.1) is 0 Å². The van der Waals surface area contributed by atoms with Gasteiger partial charge in [-0.05, 0) is 24.0 Å². The molecule has 0 fully saturated rings. The maximum Gasteiger partial charge on any atom is 0.460 e. The second-order valence-electron chi connectivity index (χ2n) is 8.43. The first-order chi connectivity index (χ1) is 16.2. The monoisotopic (exact) mass is 513 g/mol. The molecule has 0 aliphatic rings. The molecule has 196 valence electrons. The third-order valence-corrected chi connectivity index (χ3v) is 6.05. The van der Waals surface area contributed by atoms with E-state index >= 15 is 8.78 Å². The van der Waals surface area contributed by atoms with E-state index in [1.165, 1.54) is 30.3 Å². The highest BCUT2D eigenvalue weighted by molar-refractivity contribution is 5.79. The molecule has 0 N–H and O–H groups in total. The van der Waals surface area contributed by atoms with Crippen LogP contribution in [0.3, 0.4) is 0 Å². The van der Waals surface area contributed by atoms with E-state index in [9.17, 15) is 30.7 Å². The Morgan fingerprint density at radius 1 is 0.714 bits per heavy atom. The van der Waals surface area contributed by atoms with Gasteiger partial charge in [-0.2, -0.15) is 39.5 Å². The Hall–Kier alpha value is -2.39. The quantitative estimate of drug-likeness (QED) is 0.202. The summed E-state index contributed by atoms with van der Waals surface area (Å²) in [6.07, 6.45) is -4.35. The van der Waals surface area contributed by atoms with Gasteiger partial charge in [0.25, 0.3) is 0 Å². The predicted molar refractivity (Wildman–Crippen MR) is 118 cm³/mol. The molecule has 0 radical (unpaired) electrons. The molecule has 0 saturated heterocycles. The fourth-order valence-electron chi connectivity index (χ4n) is 3.88. The number of para-hydroxylation sites is 1. The minimum Gasteiger partial charge on any atom is -0.307 e. The number of anilines is 1. The van der Waals surface area contributed by atoms with Crippen LogP contribution in [0, 0.1) is 5.92 Å². The second kappa shape index (κ2) is 11.1. The maximum absolute atomic E-state index is 15.3. The minimum absolute atomic E-state index is 0.000469. The lowest BCUT2D eigenvalue weighted by Crippen LogP contribution is -2.67. The number of hydrogen-bond donors (Lipinski definition) is 0. The van der Waals surface area contributed by atoms with Crippen LogP contribution >= 0.6 is 0 Å². The van der Waals surface area contributed by atoms with E-state index in [0.29, 0.717) is 18.4 Å². The van der Waals surface area contributed by atoms with Gasteiger partial charge in [0.15, 0.2) is 0 Å². The zero-order valence-corrected chi connectivity index (χ0v) is 19.4. The highest BCUT2D eigenvalue weighted by atomic mass is 19.4. The van der Waals surface area contributed by atoms with E-state index in [2.05, 4.69) is 0 Å². The van der Waals surface area contributed by atoms with Crippen molar-refractivity contribution in [3.63, 3.8) is 0 Å². The summed E-state index contributed by atoms with van der Waals surface area (Å²) >= 11 is 0. The molecule has 0 spiro atoms. The van der Waals surface area contributed by atoms with Crippen LogP contribution in [0.1, 0.15) is 46.0 Å². The van der Waals surface area contributed by atoms with Crippen LogP contribution in [0.4, 0.5) is 45.2 Å². The summed E-state index contributed by atoms with van der Waals surface area (Å²) in [5, 5.41) is 0. The zero-order chi connectivity index (χ0) is 26.5. The molecule has 0 bridgehead atoms. The first kappa shape index (κ1) is 28.8. The Kier molecular flexibility index (Phi) is 9.16. The van der Waals surface area contributed by atoms with E-state index < -0.39 is 36.3 Å². The average Bonchev–Trinajstić information content (AvgIpc) is 2.81. The Balaban J connectivity index is 2.64. The summed E-state index contributed by atoms with van der Waals surface area (Å²) in [5.41, 5.74) is -0.250. The number of benzene rings is 2. The summed E-state index contributed by atoms with van der Waals surface area (Å²) in [4.78, 5) is -0.288. The van der Waals surface area contributed by atoms with Crippen LogP contribution < -0.4 is 4.90 Å². The van der Waals surface area contributed by atoms with Crippen LogP contribution in [0.5, 0.6) is 0 Å². The largest absolute Gasteiger partial charge is 0.460 e. The summed E-state index contributed by atoms with van der Waals surface area (Å²) in [6, 6.07) is 6.86. The molecule has 0 heterocycles. The van der Waals surface area contributed by atoms with Gasteiger partial charge < -0.3 is 4.90 Å². The molecule has 1 nitrogen and oxygen atoms in total. The fourth-order valence-corrected chi connectivity index (χ4v) is 3.88. The van der Waals surface area contributed by atoms with E-state index in [1.54, 1.807) is 25.1 Å². The lowest BCUT2D eigenvalue weighted by atomic mass is 9.94. The van der Waals surface area contributed by atoms with Crippen molar-refractivity contribution in [2.45, 2.75) is 70.0 Å². The van der Waals surface area contributed by atoms with Crippen molar-refractivity contribution in [2.24, 2.45) is 5.92 Å². The topological polar surface area (TPSA) is 3.24 Å². The molecule has 1 unspecified atom stereocenters. The lowest BCUT2D eigenvalue weighted by molar-refractivity contribution is -0.395. The smallest absolute Gasteiger partial charge is 0.307 e. The third kappa shape index (κ3) is 5.89. The SMILES string of the molecule is CCCCC(CC)CCN(c1ccccc1-c1ccccc1)C(F)(F)C(F)(F)C(F)(F)C(F)(F)F. The summed E-state index contributed by atoms with van der Waals surface area (Å²) in [6.45, 7) is 2.83. The molecule has 35 heavy (non-hydrogen) atoms. The van der Waals surface area contributed by atoms with Gasteiger partial charge in [-0.1, -0.05) is 88.1 Å². The molecule has 2 aromatic carbocycles. The number of hydrogen-bond acceptors (Lipinski definition) is 1. The van der Waals surface area contributed by atoms with E-state index in [-0.39, 0.29) is 22.8 Å². The van der Waals surface area contributed by atoms with Crippen LogP contribution in [0.25, 0.3) is 11.1 Å². The first-order valence-electron chi connectivity index (χ1n) is 11.3. The highest BCUT2D eigenvalue weighted by Gasteiger charge is 2.83. The summed E-state index contributed by atoms with van der Waals surface area (Å²) in [7, 11) is 0. The molecule has 0 saturated carbocycles. The summed E-state index contributed by atoms with van der Waals surface area (Å²) in [5.74, 6) is -13.9. The predicted octanol–water partition coefficient (Wildman–Crippen LogP) is 9.19. The molecular formula is C25H28F9N. The van der Waals surface area contributed by atoms with Crippen LogP contribution in [0.2, 0.25) is 0 Å². The van der Waals surface area contributed by atoms with Gasteiger partial charge in [0.05, 0.1) is 0 Å². The average molecular weight is 513 g/mol. The van der Waals surface area contributed by atoms with Crippen molar-refractivity contribution in [1.29, 1.82) is 0 Å². The van der Waals surface area contributed by atoms with Crippen LogP contribution in [-0.2, 0) is 0 Å². The third-order valence-electron chi connectivity index (χ3n) is 6.05. The Morgan fingerprint density at radius 2 is 1.29 bits per heavy atom. The Labute approximate surface area is 198 Å². The summed E-state index contributed by atoms with van der Waals surface area (Å²) < 4.78 is 125. The first-order valence-corrected chi connectivity index (χ1v) is 11.3. The number of unbranched alkanes of at least 4 members (excludes halogenated alkanes) is 1. The van der Waals surface area contributed by atoms with Crippen molar-refractivity contribution >= 4 is 5.69 Å². The Bertz CT molecular complexity index is 926. The number of halogens is 9. The van der Waals surface area contributed by atoms with Crippen molar-refractivity contribution < 1.29 is 39.5 Å². The lowest BCUT2D eigenvalue weighted by Gasteiger charge is -2.41. The molecule has 0 amide bonds. The van der Waals surface area contributed by atoms with Gasteiger partial charge in [0.1, 0.15) is 0 Å². The minimum atomic E-state index is -6.96. The molecule has 0 aliphatic carbocycles. The van der Waals surface area contributed by atoms with Crippen molar-refractivity contribution in [3.8, 4) is 11.1 Å². The molecule has 0 aliphatic heterocycles. The van der Waals surface area contributed by atoms with Crippen molar-refractivity contribution in [2.75, 3.05) is 11.4 Å². The highest BCUT2D eigenvalue weighted by Crippen LogP contribution is 2.55. The van der Waals surface area contributed by atoms with Gasteiger partial charge in [-0.25, -0.2) is 0 Å². The van der Waals surface area contributed by atoms with Gasteiger partial charge in [0.2, 0.25) is 0 Å². The molecule has 2 aromatic rings. The molecule has 2 rings (SSSR count). The normalized spacial score (nSPS) is 14.1. The van der Waals surface area contributed by atoms with Crippen LogP contribution in [0.15, 0.2) is 54.6 Å². The van der Waals surface area contributed by atoms with E-state index in [1.807, 2.05) is 6.92 Å². The number of rotatable bonds is 12.